The van der Waals surface area contributed by atoms with Gasteiger partial charge in [-0.2, -0.15) is 9.97 Å². The van der Waals surface area contributed by atoms with Crippen molar-refractivity contribution in [2.75, 3.05) is 0 Å². The molecule has 234 valence electrons. The van der Waals surface area contributed by atoms with Crippen LogP contribution in [0, 0.1) is 0 Å². The third-order valence-corrected chi connectivity index (χ3v) is 9.47. The second-order valence-electron chi connectivity index (χ2n) is 12.5. The minimum Gasteiger partial charge on any atom is -0.456 e. The van der Waals surface area contributed by atoms with Crippen LogP contribution in [0.4, 0.5) is 0 Å². The molecule has 0 unspecified atom stereocenters. The van der Waals surface area contributed by atoms with E-state index in [9.17, 15) is 0 Å². The van der Waals surface area contributed by atoms with Crippen LogP contribution in [0.3, 0.4) is 0 Å². The fourth-order valence-corrected chi connectivity index (χ4v) is 7.03. The SMILES string of the molecule is c1ccc(-c2ccc3c4ccc(-c5ccc6oc7ccccc7c6c5)cc4n(-c4nc(-c5ccccc5)nc(-c5ccccc5)n4)c3c2)cc1. The molecule has 3 heterocycles. The molecule has 3 aromatic heterocycles. The van der Waals surface area contributed by atoms with Crippen molar-refractivity contribution >= 4 is 43.7 Å². The summed E-state index contributed by atoms with van der Waals surface area (Å²) in [5, 5.41) is 4.47. The average Bonchev–Trinajstić information content (AvgIpc) is 3.73. The average molecular weight is 641 g/mol. The molecule has 5 heteroatoms. The van der Waals surface area contributed by atoms with Crippen molar-refractivity contribution in [2.45, 2.75) is 0 Å². The first-order valence-electron chi connectivity index (χ1n) is 16.7. The first-order valence-corrected chi connectivity index (χ1v) is 16.7. The Hall–Kier alpha value is -6.85. The fourth-order valence-electron chi connectivity index (χ4n) is 7.03. The molecule has 5 nitrogen and oxygen atoms in total. The van der Waals surface area contributed by atoms with Gasteiger partial charge in [0, 0.05) is 32.7 Å². The molecular formula is C45H28N4O. The standard InChI is InChI=1S/C45H28N4O/c1-4-12-29(13-5-1)33-20-23-35-36-24-21-34(32-22-25-42-38(26-32)37-18-10-11-19-41(37)50-42)28-40(36)49(39(35)27-33)45-47-43(30-14-6-2-7-15-30)46-44(48-45)31-16-8-3-9-17-31/h1-28H. The molecule has 0 N–H and O–H groups in total. The molecule has 0 spiro atoms. The van der Waals surface area contributed by atoms with Crippen molar-refractivity contribution in [3.8, 4) is 51.0 Å². The number of aromatic nitrogens is 4. The summed E-state index contributed by atoms with van der Waals surface area (Å²) in [4.78, 5) is 15.3. The number of rotatable bonds is 5. The van der Waals surface area contributed by atoms with E-state index in [1.165, 1.54) is 0 Å². The molecule has 10 aromatic rings. The Balaban J connectivity index is 1.26. The van der Waals surface area contributed by atoms with E-state index in [-0.39, 0.29) is 0 Å². The molecule has 0 fully saturated rings. The largest absolute Gasteiger partial charge is 0.456 e. The summed E-state index contributed by atoms with van der Waals surface area (Å²) in [5.74, 6) is 1.81. The molecule has 7 aromatic carbocycles. The number of para-hydroxylation sites is 1. The van der Waals surface area contributed by atoms with E-state index in [1.807, 2.05) is 78.9 Å². The summed E-state index contributed by atoms with van der Waals surface area (Å²) in [6.07, 6.45) is 0. The smallest absolute Gasteiger partial charge is 0.238 e. The van der Waals surface area contributed by atoms with Crippen LogP contribution in [-0.4, -0.2) is 19.5 Å². The predicted molar refractivity (Wildman–Crippen MR) is 203 cm³/mol. The van der Waals surface area contributed by atoms with Gasteiger partial charge >= 0.3 is 0 Å². The molecule has 0 amide bonds. The van der Waals surface area contributed by atoms with Gasteiger partial charge in [-0.15, -0.1) is 0 Å². The van der Waals surface area contributed by atoms with E-state index in [0.717, 1.165) is 77.1 Å². The molecule has 0 bridgehead atoms. The number of hydrogen-bond donors (Lipinski definition) is 0. The highest BCUT2D eigenvalue weighted by Crippen LogP contribution is 2.38. The summed E-state index contributed by atoms with van der Waals surface area (Å²) in [6.45, 7) is 0. The Labute approximate surface area is 287 Å². The third-order valence-electron chi connectivity index (χ3n) is 9.47. The normalized spacial score (nSPS) is 11.6. The van der Waals surface area contributed by atoms with E-state index >= 15 is 0 Å². The molecule has 0 radical (unpaired) electrons. The van der Waals surface area contributed by atoms with Gasteiger partial charge in [-0.05, 0) is 52.6 Å². The van der Waals surface area contributed by atoms with Crippen LogP contribution in [0.1, 0.15) is 0 Å². The molecule has 0 aliphatic carbocycles. The van der Waals surface area contributed by atoms with Crippen LogP contribution in [0.2, 0.25) is 0 Å². The van der Waals surface area contributed by atoms with Gasteiger partial charge in [0.2, 0.25) is 5.95 Å². The summed E-state index contributed by atoms with van der Waals surface area (Å²) in [7, 11) is 0. The van der Waals surface area contributed by atoms with Crippen molar-refractivity contribution in [2.24, 2.45) is 0 Å². The summed E-state index contributed by atoms with van der Waals surface area (Å²) < 4.78 is 8.35. The van der Waals surface area contributed by atoms with Crippen LogP contribution in [0.5, 0.6) is 0 Å². The number of benzene rings is 7. The Morgan fingerprint density at radius 3 is 1.44 bits per heavy atom. The highest BCUT2D eigenvalue weighted by molar-refractivity contribution is 6.11. The maximum absolute atomic E-state index is 6.15. The zero-order chi connectivity index (χ0) is 33.0. The number of furan rings is 1. The van der Waals surface area contributed by atoms with Crippen LogP contribution in [0.25, 0.3) is 94.7 Å². The molecule has 10 rings (SSSR count). The highest BCUT2D eigenvalue weighted by Gasteiger charge is 2.19. The summed E-state index contributed by atoms with van der Waals surface area (Å²) in [6, 6.07) is 58.7. The van der Waals surface area contributed by atoms with E-state index < -0.39 is 0 Å². The first kappa shape index (κ1) is 28.2. The van der Waals surface area contributed by atoms with Gasteiger partial charge in [0.05, 0.1) is 11.0 Å². The van der Waals surface area contributed by atoms with Gasteiger partial charge in [0.1, 0.15) is 11.2 Å². The predicted octanol–water partition coefficient (Wildman–Crippen LogP) is 11.5. The van der Waals surface area contributed by atoms with Crippen molar-refractivity contribution in [3.05, 3.63) is 170 Å². The summed E-state index contributed by atoms with van der Waals surface area (Å²) >= 11 is 0. The maximum atomic E-state index is 6.15. The molecular weight excluding hydrogens is 613 g/mol. The minimum absolute atomic E-state index is 0.566. The van der Waals surface area contributed by atoms with Crippen LogP contribution >= 0.6 is 0 Å². The second kappa shape index (κ2) is 11.4. The lowest BCUT2D eigenvalue weighted by Crippen LogP contribution is -2.06. The van der Waals surface area contributed by atoms with E-state index in [0.29, 0.717) is 17.6 Å². The highest BCUT2D eigenvalue weighted by atomic mass is 16.3. The molecule has 0 aliphatic heterocycles. The summed E-state index contributed by atoms with van der Waals surface area (Å²) in [5.41, 5.74) is 10.2. The molecule has 0 atom stereocenters. The zero-order valence-electron chi connectivity index (χ0n) is 26.9. The third kappa shape index (κ3) is 4.67. The van der Waals surface area contributed by atoms with Gasteiger partial charge in [0.15, 0.2) is 11.6 Å². The molecule has 0 saturated carbocycles. The van der Waals surface area contributed by atoms with Gasteiger partial charge in [-0.1, -0.05) is 140 Å². The Morgan fingerprint density at radius 2 is 0.820 bits per heavy atom. The topological polar surface area (TPSA) is 56.7 Å². The Morgan fingerprint density at radius 1 is 0.340 bits per heavy atom. The fraction of sp³-hybridized carbons (Fsp3) is 0. The van der Waals surface area contributed by atoms with E-state index in [1.54, 1.807) is 0 Å². The Kier molecular flexibility index (Phi) is 6.42. The van der Waals surface area contributed by atoms with Gasteiger partial charge in [0.25, 0.3) is 0 Å². The number of fused-ring (bicyclic) bond motifs is 6. The second-order valence-corrected chi connectivity index (χ2v) is 12.5. The van der Waals surface area contributed by atoms with Crippen LogP contribution < -0.4 is 0 Å². The van der Waals surface area contributed by atoms with Gasteiger partial charge in [-0.25, -0.2) is 4.98 Å². The van der Waals surface area contributed by atoms with E-state index in [2.05, 4.69) is 95.6 Å². The van der Waals surface area contributed by atoms with Crippen molar-refractivity contribution < 1.29 is 4.42 Å². The lowest BCUT2D eigenvalue weighted by molar-refractivity contribution is 0.669. The van der Waals surface area contributed by atoms with Crippen molar-refractivity contribution in [1.82, 2.24) is 19.5 Å². The molecule has 0 saturated heterocycles. The van der Waals surface area contributed by atoms with Crippen molar-refractivity contribution in [1.29, 1.82) is 0 Å². The zero-order valence-corrected chi connectivity index (χ0v) is 26.9. The monoisotopic (exact) mass is 640 g/mol. The Bertz CT molecular complexity index is 2800. The van der Waals surface area contributed by atoms with Gasteiger partial charge < -0.3 is 4.42 Å². The lowest BCUT2D eigenvalue weighted by Gasteiger charge is -2.12. The number of hydrogen-bond acceptors (Lipinski definition) is 4. The van der Waals surface area contributed by atoms with Crippen LogP contribution in [-0.2, 0) is 0 Å². The van der Waals surface area contributed by atoms with Crippen LogP contribution in [0.15, 0.2) is 174 Å². The first-order chi connectivity index (χ1) is 24.8. The quantitative estimate of drug-likeness (QED) is 0.188. The minimum atomic E-state index is 0.566. The number of nitrogens with zero attached hydrogens (tertiary/aromatic N) is 4. The van der Waals surface area contributed by atoms with Crippen molar-refractivity contribution in [3.63, 3.8) is 0 Å². The molecule has 50 heavy (non-hydrogen) atoms. The van der Waals surface area contributed by atoms with Gasteiger partial charge in [-0.3, -0.25) is 4.57 Å². The molecule has 0 aliphatic rings. The van der Waals surface area contributed by atoms with E-state index in [4.69, 9.17) is 19.4 Å². The maximum Gasteiger partial charge on any atom is 0.238 e. The lowest BCUT2D eigenvalue weighted by atomic mass is 10.0.